The van der Waals surface area contributed by atoms with Crippen LogP contribution in [0.1, 0.15) is 102 Å². The van der Waals surface area contributed by atoms with Crippen LogP contribution in [-0.4, -0.2) is 0 Å². The van der Waals surface area contributed by atoms with E-state index in [1.54, 1.807) is 17.2 Å². The van der Waals surface area contributed by atoms with Crippen LogP contribution in [0.3, 0.4) is 0 Å². The maximum Gasteiger partial charge on any atom is -0.00884 e. The molecule has 154 valence electrons. The lowest BCUT2D eigenvalue weighted by Crippen LogP contribution is -2.22. The first kappa shape index (κ1) is 25.7. The van der Waals surface area contributed by atoms with Crippen molar-refractivity contribution in [3.05, 3.63) is 59.2 Å². The second kappa shape index (κ2) is 14.7. The van der Waals surface area contributed by atoms with Gasteiger partial charge in [0.1, 0.15) is 0 Å². The van der Waals surface area contributed by atoms with Crippen molar-refractivity contribution >= 4 is 0 Å². The van der Waals surface area contributed by atoms with Crippen LogP contribution in [0, 0.1) is 25.7 Å². The van der Waals surface area contributed by atoms with E-state index in [4.69, 9.17) is 0 Å². The second-order valence-electron chi connectivity index (χ2n) is 7.97. The summed E-state index contributed by atoms with van der Waals surface area (Å²) in [6.45, 7) is 21.0. The van der Waals surface area contributed by atoms with E-state index in [1.807, 2.05) is 20.8 Å². The van der Waals surface area contributed by atoms with Gasteiger partial charge in [0, 0.05) is 0 Å². The Morgan fingerprint density at radius 2 is 1.56 bits per heavy atom. The van der Waals surface area contributed by atoms with Crippen molar-refractivity contribution in [1.82, 2.24) is 0 Å². The zero-order valence-electron chi connectivity index (χ0n) is 19.6. The average Bonchev–Trinajstić information content (AvgIpc) is 2.64. The molecule has 0 bridgehead atoms. The quantitative estimate of drug-likeness (QED) is 0.346. The molecule has 0 nitrogen and oxygen atoms in total. The number of rotatable bonds is 6. The van der Waals surface area contributed by atoms with Gasteiger partial charge in [0.05, 0.1) is 0 Å². The van der Waals surface area contributed by atoms with Gasteiger partial charge in [0.15, 0.2) is 0 Å². The first-order valence-electron chi connectivity index (χ1n) is 11.3. The summed E-state index contributed by atoms with van der Waals surface area (Å²) in [4.78, 5) is 0. The van der Waals surface area contributed by atoms with Gasteiger partial charge in [-0.05, 0) is 86.5 Å². The van der Waals surface area contributed by atoms with Gasteiger partial charge in [-0.2, -0.15) is 0 Å². The van der Waals surface area contributed by atoms with Crippen molar-refractivity contribution in [1.29, 1.82) is 0 Å². The number of allylic oxidation sites excluding steroid dienone is 3. The fourth-order valence-electron chi connectivity index (χ4n) is 4.28. The van der Waals surface area contributed by atoms with Crippen LogP contribution in [0.4, 0.5) is 0 Å². The Morgan fingerprint density at radius 1 is 1.04 bits per heavy atom. The molecule has 0 spiro atoms. The van der Waals surface area contributed by atoms with E-state index in [1.165, 1.54) is 49.7 Å². The minimum atomic E-state index is 0.717. The molecule has 2 unspecified atom stereocenters. The van der Waals surface area contributed by atoms with Gasteiger partial charge in [0.2, 0.25) is 0 Å². The van der Waals surface area contributed by atoms with Crippen molar-refractivity contribution in [3.8, 4) is 0 Å². The lowest BCUT2D eigenvalue weighted by atomic mass is 9.71. The van der Waals surface area contributed by atoms with Crippen molar-refractivity contribution in [2.24, 2.45) is 11.8 Å². The Labute approximate surface area is 171 Å². The summed E-state index contributed by atoms with van der Waals surface area (Å²) in [5, 5.41) is 0. The summed E-state index contributed by atoms with van der Waals surface area (Å²) in [6, 6.07) is 4.93. The molecule has 1 aliphatic carbocycles. The summed E-state index contributed by atoms with van der Waals surface area (Å²) in [5.41, 5.74) is 6.23. The van der Waals surface area contributed by atoms with Crippen molar-refractivity contribution in [2.75, 3.05) is 0 Å². The molecule has 2 atom stereocenters. The molecular formula is C27H46. The van der Waals surface area contributed by atoms with Crippen LogP contribution in [0.15, 0.2) is 36.9 Å². The third-order valence-electron chi connectivity index (χ3n) is 5.43. The van der Waals surface area contributed by atoms with Crippen LogP contribution in [0.25, 0.3) is 0 Å². The molecule has 2 rings (SSSR count). The largest absolute Gasteiger partial charge is 0.103 e. The maximum absolute atomic E-state index is 3.36. The Morgan fingerprint density at radius 3 is 2.04 bits per heavy atom. The molecule has 0 aliphatic heterocycles. The molecule has 1 aliphatic rings. The van der Waals surface area contributed by atoms with Crippen LogP contribution < -0.4 is 0 Å². The molecule has 0 heterocycles. The molecule has 0 heteroatoms. The lowest BCUT2D eigenvalue weighted by molar-refractivity contribution is 0.309. The Balaban J connectivity index is 0.00000123. The predicted octanol–water partition coefficient (Wildman–Crippen LogP) is 8.96. The molecule has 0 fully saturated rings. The van der Waals surface area contributed by atoms with Crippen molar-refractivity contribution in [3.63, 3.8) is 0 Å². The molecule has 27 heavy (non-hydrogen) atoms. The van der Waals surface area contributed by atoms with Gasteiger partial charge >= 0.3 is 0 Å². The van der Waals surface area contributed by atoms with Gasteiger partial charge in [-0.1, -0.05) is 77.8 Å². The van der Waals surface area contributed by atoms with Crippen LogP contribution in [0.5, 0.6) is 0 Å². The third-order valence-corrected chi connectivity index (χ3v) is 5.43. The fraction of sp³-hybridized carbons (Fsp3) is 0.630. The molecule has 0 aromatic heterocycles. The monoisotopic (exact) mass is 370 g/mol. The zero-order chi connectivity index (χ0) is 20.8. The highest BCUT2D eigenvalue weighted by Crippen LogP contribution is 2.41. The summed E-state index contributed by atoms with van der Waals surface area (Å²) >= 11 is 0. The first-order chi connectivity index (χ1) is 13.0. The molecular weight excluding hydrogens is 324 g/mol. The number of hydrogen-bond donors (Lipinski definition) is 0. The summed E-state index contributed by atoms with van der Waals surface area (Å²) in [6.07, 6.45) is 14.2. The number of unbranched alkanes of at least 4 members (excludes halogenated alkanes) is 2. The normalized spacial score (nSPS) is 18.3. The van der Waals surface area contributed by atoms with Gasteiger partial charge in [-0.25, -0.2) is 0 Å². The highest BCUT2D eigenvalue weighted by atomic mass is 14.3. The number of aryl methyl sites for hydroxylation is 3. The molecule has 1 aromatic rings. The van der Waals surface area contributed by atoms with Gasteiger partial charge < -0.3 is 0 Å². The second-order valence-corrected chi connectivity index (χ2v) is 7.97. The molecule has 0 saturated carbocycles. The zero-order valence-corrected chi connectivity index (χ0v) is 19.6. The van der Waals surface area contributed by atoms with Crippen molar-refractivity contribution < 1.29 is 0 Å². The van der Waals surface area contributed by atoms with Crippen molar-refractivity contribution in [2.45, 2.75) is 99.8 Å². The minimum absolute atomic E-state index is 0.717. The maximum atomic E-state index is 3.36. The smallest absolute Gasteiger partial charge is 0.00884 e. The number of hydrogen-bond acceptors (Lipinski definition) is 0. The SMILES string of the molecule is C=CC.CC.CCCCCc1cc(C)c(C2CC=CCC2C(C)C)c(C)c1. The predicted molar refractivity (Wildman–Crippen MR) is 126 cm³/mol. The molecule has 0 amide bonds. The van der Waals surface area contributed by atoms with E-state index in [-0.39, 0.29) is 0 Å². The summed E-state index contributed by atoms with van der Waals surface area (Å²) < 4.78 is 0. The Hall–Kier alpha value is -1.30. The third kappa shape index (κ3) is 8.50. The van der Waals surface area contributed by atoms with Gasteiger partial charge in [0.25, 0.3) is 0 Å². The van der Waals surface area contributed by atoms with E-state index in [0.29, 0.717) is 0 Å². The standard InChI is InChI=1S/C22H34.C3H6.C2H6/c1-6-7-8-11-19-14-17(4)22(18(5)15-19)21-13-10-9-12-20(21)16(2)3;1-3-2;1-2/h9-10,14-16,20-21H,6-8,11-13H2,1-5H3;3H,1H2,2H3;1-2H3. The molecule has 0 radical (unpaired) electrons. The lowest BCUT2D eigenvalue weighted by Gasteiger charge is -2.34. The van der Waals surface area contributed by atoms with Gasteiger partial charge in [-0.3, -0.25) is 0 Å². The summed E-state index contributed by atoms with van der Waals surface area (Å²) in [7, 11) is 0. The Bertz CT molecular complexity index is 524. The van der Waals surface area contributed by atoms with E-state index in [2.05, 4.69) is 65.5 Å². The molecule has 0 N–H and O–H groups in total. The van der Waals surface area contributed by atoms with Crippen LogP contribution >= 0.6 is 0 Å². The van der Waals surface area contributed by atoms with E-state index >= 15 is 0 Å². The highest BCUT2D eigenvalue weighted by Gasteiger charge is 2.28. The van der Waals surface area contributed by atoms with Crippen LogP contribution in [-0.2, 0) is 6.42 Å². The molecule has 0 saturated heterocycles. The topological polar surface area (TPSA) is 0 Å². The minimum Gasteiger partial charge on any atom is -0.103 e. The number of benzene rings is 1. The van der Waals surface area contributed by atoms with E-state index in [0.717, 1.165) is 17.8 Å². The fourth-order valence-corrected chi connectivity index (χ4v) is 4.28. The van der Waals surface area contributed by atoms with Gasteiger partial charge in [-0.15, -0.1) is 6.58 Å². The summed E-state index contributed by atoms with van der Waals surface area (Å²) in [5.74, 6) is 2.28. The highest BCUT2D eigenvalue weighted by molar-refractivity contribution is 5.41. The van der Waals surface area contributed by atoms with E-state index < -0.39 is 0 Å². The van der Waals surface area contributed by atoms with E-state index in [9.17, 15) is 0 Å². The first-order valence-corrected chi connectivity index (χ1v) is 11.3. The average molecular weight is 371 g/mol. The van der Waals surface area contributed by atoms with Crippen LogP contribution in [0.2, 0.25) is 0 Å². The Kier molecular flexibility index (Phi) is 14.0. The molecule has 1 aromatic carbocycles.